The van der Waals surface area contributed by atoms with Gasteiger partial charge in [0.1, 0.15) is 18.8 Å². The number of carbonyl (C=O) groups is 3. The summed E-state index contributed by atoms with van der Waals surface area (Å²) in [6.07, 6.45) is -6.09. The average molecular weight is 347 g/mol. The van der Waals surface area contributed by atoms with Gasteiger partial charge in [-0.3, -0.25) is 14.4 Å². The van der Waals surface area contributed by atoms with Crippen molar-refractivity contribution >= 4 is 35.3 Å². The molecule has 128 valence electrons. The van der Waals surface area contributed by atoms with Crippen molar-refractivity contribution in [1.82, 2.24) is 0 Å². The number of esters is 3. The Bertz CT molecular complexity index is 518. The molecular formula is C13H17NO8S. The quantitative estimate of drug-likeness (QED) is 0.306. The number of aliphatic imine (C=N–C) groups is 1. The van der Waals surface area contributed by atoms with Gasteiger partial charge < -0.3 is 24.1 Å². The molecule has 0 saturated carbocycles. The molecule has 9 nitrogen and oxygen atoms in total. The van der Waals surface area contributed by atoms with Crippen LogP contribution in [-0.4, -0.2) is 65.4 Å². The molecular weight excluding hydrogens is 330 g/mol. The lowest BCUT2D eigenvalue weighted by Gasteiger charge is -2.41. The van der Waals surface area contributed by atoms with Crippen molar-refractivity contribution in [1.29, 1.82) is 0 Å². The predicted octanol–water partition coefficient (Wildman–Crippen LogP) is -0.399. The standard InChI is InChI=1S/C13H17NO8S/c1-6(15)19-4-9-10(18)11(20-7(2)16)12(21-8(3)17)13(22-9)14-5-23/h9-13,18H,4H2,1-3H3/t9-,10-,11+,12-,13-/m1/s1. The molecule has 1 N–H and O–H groups in total. The monoisotopic (exact) mass is 347 g/mol. The summed E-state index contributed by atoms with van der Waals surface area (Å²) in [5.74, 6) is -1.97. The van der Waals surface area contributed by atoms with E-state index in [2.05, 4.69) is 22.4 Å². The molecule has 1 rings (SSSR count). The smallest absolute Gasteiger partial charge is 0.303 e. The van der Waals surface area contributed by atoms with Crippen LogP contribution in [0.25, 0.3) is 0 Å². The summed E-state index contributed by atoms with van der Waals surface area (Å²) in [6.45, 7) is 3.16. The van der Waals surface area contributed by atoms with E-state index in [4.69, 9.17) is 18.9 Å². The third-order valence-corrected chi connectivity index (χ3v) is 2.98. The van der Waals surface area contributed by atoms with Gasteiger partial charge in [-0.05, 0) is 12.2 Å². The Morgan fingerprint density at radius 2 is 1.70 bits per heavy atom. The molecule has 10 heteroatoms. The predicted molar refractivity (Wildman–Crippen MR) is 77.4 cm³/mol. The van der Waals surface area contributed by atoms with Gasteiger partial charge in [-0.15, -0.1) is 0 Å². The highest BCUT2D eigenvalue weighted by atomic mass is 32.1. The number of aliphatic hydroxyl groups is 1. The van der Waals surface area contributed by atoms with Crippen LogP contribution in [0.4, 0.5) is 0 Å². The van der Waals surface area contributed by atoms with Crippen molar-refractivity contribution in [2.24, 2.45) is 4.99 Å². The molecule has 1 fully saturated rings. The van der Waals surface area contributed by atoms with E-state index in [1.165, 1.54) is 6.92 Å². The molecule has 0 unspecified atom stereocenters. The lowest BCUT2D eigenvalue weighted by molar-refractivity contribution is -0.245. The Balaban J connectivity index is 3.06. The van der Waals surface area contributed by atoms with Gasteiger partial charge in [0.2, 0.25) is 0 Å². The highest BCUT2D eigenvalue weighted by Gasteiger charge is 2.49. The van der Waals surface area contributed by atoms with Crippen LogP contribution in [0.5, 0.6) is 0 Å². The van der Waals surface area contributed by atoms with E-state index in [1.54, 1.807) is 0 Å². The molecule has 5 atom stereocenters. The van der Waals surface area contributed by atoms with E-state index in [-0.39, 0.29) is 6.61 Å². The summed E-state index contributed by atoms with van der Waals surface area (Å²) in [7, 11) is 0. The minimum Gasteiger partial charge on any atom is -0.463 e. The Morgan fingerprint density at radius 3 is 2.17 bits per heavy atom. The zero-order valence-electron chi connectivity index (χ0n) is 12.8. The lowest BCUT2D eigenvalue weighted by atomic mass is 9.98. The fraction of sp³-hybridized carbons (Fsp3) is 0.692. The second kappa shape index (κ2) is 8.68. The average Bonchev–Trinajstić information content (AvgIpc) is 2.43. The van der Waals surface area contributed by atoms with Crippen LogP contribution in [0, 0.1) is 0 Å². The number of hydrogen-bond acceptors (Lipinski definition) is 10. The number of isothiocyanates is 1. The van der Waals surface area contributed by atoms with E-state index in [0.717, 1.165) is 13.8 Å². The summed E-state index contributed by atoms with van der Waals surface area (Å²) < 4.78 is 20.3. The third-order valence-electron chi connectivity index (χ3n) is 2.87. The maximum atomic E-state index is 11.3. The summed E-state index contributed by atoms with van der Waals surface area (Å²) in [6, 6.07) is 0. The van der Waals surface area contributed by atoms with Gasteiger partial charge in [0, 0.05) is 20.8 Å². The van der Waals surface area contributed by atoms with E-state index in [1.807, 2.05) is 0 Å². The fourth-order valence-electron chi connectivity index (χ4n) is 2.04. The van der Waals surface area contributed by atoms with Crippen molar-refractivity contribution in [3.8, 4) is 0 Å². The van der Waals surface area contributed by atoms with Crippen LogP contribution >= 0.6 is 12.2 Å². The topological polar surface area (TPSA) is 121 Å². The Hall–Kier alpha value is -1.87. The number of rotatable bonds is 5. The Morgan fingerprint density at radius 1 is 1.13 bits per heavy atom. The van der Waals surface area contributed by atoms with Crippen molar-refractivity contribution in [2.45, 2.75) is 51.4 Å². The molecule has 0 aromatic rings. The van der Waals surface area contributed by atoms with E-state index >= 15 is 0 Å². The van der Waals surface area contributed by atoms with Crippen LogP contribution in [0.1, 0.15) is 20.8 Å². The molecule has 1 saturated heterocycles. The number of aliphatic hydroxyl groups excluding tert-OH is 1. The van der Waals surface area contributed by atoms with Crippen LogP contribution in [0.15, 0.2) is 4.99 Å². The molecule has 1 aliphatic heterocycles. The molecule has 0 aliphatic carbocycles. The van der Waals surface area contributed by atoms with Gasteiger partial charge in [-0.1, -0.05) is 0 Å². The Kier molecular flexibility index (Phi) is 7.24. The molecule has 0 bridgehead atoms. The number of nitrogens with zero attached hydrogens (tertiary/aromatic N) is 1. The molecule has 23 heavy (non-hydrogen) atoms. The molecule has 0 aromatic heterocycles. The molecule has 1 heterocycles. The third kappa shape index (κ3) is 5.68. The number of ether oxygens (including phenoxy) is 4. The second-order valence-corrected chi connectivity index (χ2v) is 4.91. The summed E-state index contributed by atoms with van der Waals surface area (Å²) >= 11 is 4.51. The van der Waals surface area contributed by atoms with Crippen LogP contribution in [0.3, 0.4) is 0 Å². The van der Waals surface area contributed by atoms with Gasteiger partial charge in [-0.25, -0.2) is 0 Å². The highest BCUT2D eigenvalue weighted by Crippen LogP contribution is 2.27. The van der Waals surface area contributed by atoms with Gasteiger partial charge in [0.15, 0.2) is 18.4 Å². The first-order chi connectivity index (χ1) is 10.8. The SMILES string of the molecule is CC(=O)OC[C@H]1O[C@@H](N=C=S)[C@H](OC(C)=O)[C@@H](OC(C)=O)[C@@H]1O. The zero-order chi connectivity index (χ0) is 17.6. The first-order valence-electron chi connectivity index (χ1n) is 6.64. The van der Waals surface area contributed by atoms with Crippen LogP contribution in [-0.2, 0) is 33.3 Å². The molecule has 0 aromatic carbocycles. The number of hydrogen-bond donors (Lipinski definition) is 1. The summed E-state index contributed by atoms with van der Waals surface area (Å²) in [5, 5.41) is 12.4. The maximum absolute atomic E-state index is 11.3. The zero-order valence-corrected chi connectivity index (χ0v) is 13.6. The molecule has 1 aliphatic rings. The summed E-state index contributed by atoms with van der Waals surface area (Å²) in [4.78, 5) is 37.1. The van der Waals surface area contributed by atoms with Crippen molar-refractivity contribution in [3.63, 3.8) is 0 Å². The van der Waals surface area contributed by atoms with Crippen molar-refractivity contribution in [3.05, 3.63) is 0 Å². The van der Waals surface area contributed by atoms with Gasteiger partial charge in [-0.2, -0.15) is 4.99 Å². The van der Waals surface area contributed by atoms with Gasteiger partial charge in [0.05, 0.1) is 5.16 Å². The second-order valence-electron chi connectivity index (χ2n) is 4.73. The van der Waals surface area contributed by atoms with Gasteiger partial charge >= 0.3 is 17.9 Å². The van der Waals surface area contributed by atoms with Crippen molar-refractivity contribution < 1.29 is 38.4 Å². The first-order valence-corrected chi connectivity index (χ1v) is 7.05. The fourth-order valence-corrected chi connectivity index (χ4v) is 2.15. The van der Waals surface area contributed by atoms with E-state index < -0.39 is 48.6 Å². The molecule has 0 spiro atoms. The molecule has 0 amide bonds. The first kappa shape index (κ1) is 19.2. The van der Waals surface area contributed by atoms with Crippen LogP contribution in [0.2, 0.25) is 0 Å². The minimum atomic E-state index is -1.40. The minimum absolute atomic E-state index is 0.301. The normalized spacial score (nSPS) is 29.8. The summed E-state index contributed by atoms with van der Waals surface area (Å²) in [5.41, 5.74) is 0. The molecule has 0 radical (unpaired) electrons. The lowest BCUT2D eigenvalue weighted by Crippen LogP contribution is -2.60. The number of thiocarbonyl (C=S) groups is 1. The van der Waals surface area contributed by atoms with Crippen molar-refractivity contribution in [2.75, 3.05) is 6.61 Å². The van der Waals surface area contributed by atoms with E-state index in [0.29, 0.717) is 0 Å². The Labute approximate surface area is 137 Å². The van der Waals surface area contributed by atoms with E-state index in [9.17, 15) is 19.5 Å². The number of carbonyl (C=O) groups excluding carboxylic acids is 3. The van der Waals surface area contributed by atoms with Gasteiger partial charge in [0.25, 0.3) is 0 Å². The maximum Gasteiger partial charge on any atom is 0.303 e. The largest absolute Gasteiger partial charge is 0.463 e. The highest BCUT2D eigenvalue weighted by molar-refractivity contribution is 7.78. The van der Waals surface area contributed by atoms with Crippen LogP contribution < -0.4 is 0 Å².